The molecule has 0 fully saturated rings. The quantitative estimate of drug-likeness (QED) is 0.289. The number of unbranched alkanes of at least 4 members (excludes halogenated alkanes) is 3. The van der Waals surface area contributed by atoms with Crippen molar-refractivity contribution in [3.05, 3.63) is 89.8 Å². The second-order valence-corrected chi connectivity index (χ2v) is 8.51. The largest absolute Gasteiger partial charge is 2.00 e. The summed E-state index contributed by atoms with van der Waals surface area (Å²) in [5, 5.41) is 8.44. The summed E-state index contributed by atoms with van der Waals surface area (Å²) in [5.41, 5.74) is 3.28. The second kappa shape index (κ2) is 12.4. The molecule has 0 atom stereocenters. The molecule has 2 aliphatic carbocycles. The first-order valence-corrected chi connectivity index (χ1v) is 11.7. The van der Waals surface area contributed by atoms with Crippen LogP contribution in [0.5, 0.6) is 0 Å². The number of aromatic nitrogens is 3. The van der Waals surface area contributed by atoms with Gasteiger partial charge in [-0.05, 0) is 38.3 Å². The minimum Gasteiger partial charge on any atom is -0.305 e. The van der Waals surface area contributed by atoms with Crippen molar-refractivity contribution in [2.75, 3.05) is 11.4 Å². The molecule has 2 heterocycles. The van der Waals surface area contributed by atoms with Crippen molar-refractivity contribution in [3.63, 3.8) is 0 Å². The maximum Gasteiger partial charge on any atom is 2.00 e. The van der Waals surface area contributed by atoms with Crippen molar-refractivity contribution in [1.29, 1.82) is 0 Å². The van der Waals surface area contributed by atoms with Gasteiger partial charge in [-0.2, -0.15) is 0 Å². The first-order valence-electron chi connectivity index (χ1n) is 11.7. The van der Waals surface area contributed by atoms with E-state index in [4.69, 9.17) is 0 Å². The van der Waals surface area contributed by atoms with E-state index in [9.17, 15) is 9.59 Å². The Hall–Kier alpha value is -3.02. The SMILES string of the molecule is C1=CCC=C1.Cc1ccc2c(c1)C(=O)C(=O)N2CCCCCCn1cc(C2C=CC=C2)nn1.[Fe+2]. The Bertz CT molecular complexity index is 1110. The van der Waals surface area contributed by atoms with E-state index in [1.165, 1.54) is 0 Å². The minimum absolute atomic E-state index is 0. The van der Waals surface area contributed by atoms with Crippen molar-refractivity contribution in [1.82, 2.24) is 15.0 Å². The van der Waals surface area contributed by atoms with Gasteiger partial charge in [0.05, 0.1) is 16.9 Å². The average Bonchev–Trinajstić information content (AvgIpc) is 3.62. The summed E-state index contributed by atoms with van der Waals surface area (Å²) in [4.78, 5) is 26.0. The molecule has 0 saturated carbocycles. The molecule has 7 heteroatoms. The van der Waals surface area contributed by atoms with Gasteiger partial charge < -0.3 is 4.90 Å². The van der Waals surface area contributed by atoms with Crippen LogP contribution in [0.3, 0.4) is 0 Å². The van der Waals surface area contributed by atoms with Crippen LogP contribution in [0.2, 0.25) is 0 Å². The topological polar surface area (TPSA) is 68.1 Å². The number of carbonyl (C=O) groups excluding carboxylic acids is 2. The number of hydrogen-bond acceptors (Lipinski definition) is 4. The van der Waals surface area contributed by atoms with Gasteiger partial charge in [0.15, 0.2) is 0 Å². The molecule has 34 heavy (non-hydrogen) atoms. The summed E-state index contributed by atoms with van der Waals surface area (Å²) in [6.07, 6.45) is 23.7. The first-order chi connectivity index (χ1) is 16.1. The third-order valence-corrected chi connectivity index (χ3v) is 5.95. The summed E-state index contributed by atoms with van der Waals surface area (Å²) < 4.78 is 1.90. The van der Waals surface area contributed by atoms with E-state index in [-0.39, 0.29) is 28.8 Å². The molecule has 6 nitrogen and oxygen atoms in total. The fraction of sp³-hybridized carbons (Fsp3) is 0.333. The third-order valence-electron chi connectivity index (χ3n) is 5.95. The Morgan fingerprint density at radius 3 is 2.32 bits per heavy atom. The van der Waals surface area contributed by atoms with Crippen LogP contribution in [0.25, 0.3) is 0 Å². The molecule has 0 N–H and O–H groups in total. The van der Waals surface area contributed by atoms with Crippen LogP contribution in [0, 0.1) is 6.92 Å². The maximum absolute atomic E-state index is 12.2. The van der Waals surface area contributed by atoms with Crippen LogP contribution in [-0.2, 0) is 28.4 Å². The summed E-state index contributed by atoms with van der Waals surface area (Å²) in [6.45, 7) is 3.37. The van der Waals surface area contributed by atoms with Crippen molar-refractivity contribution in [2.45, 2.75) is 51.5 Å². The number of fused-ring (bicyclic) bond motifs is 1. The molecule has 176 valence electrons. The van der Waals surface area contributed by atoms with Gasteiger partial charge in [0.1, 0.15) is 0 Å². The van der Waals surface area contributed by atoms with Gasteiger partial charge in [-0.15, -0.1) is 5.10 Å². The summed E-state index contributed by atoms with van der Waals surface area (Å²) in [5.74, 6) is -0.528. The zero-order chi connectivity index (χ0) is 23.0. The monoisotopic (exact) mass is 498 g/mol. The number of hydrogen-bond donors (Lipinski definition) is 0. The fourth-order valence-corrected chi connectivity index (χ4v) is 4.13. The van der Waals surface area contributed by atoms with Gasteiger partial charge in [-0.1, -0.05) is 78.3 Å². The predicted molar refractivity (Wildman–Crippen MR) is 130 cm³/mol. The Morgan fingerprint density at radius 2 is 1.65 bits per heavy atom. The van der Waals surface area contributed by atoms with Crippen LogP contribution in [-0.4, -0.2) is 33.2 Å². The molecule has 0 bridgehead atoms. The molecule has 5 rings (SSSR count). The van der Waals surface area contributed by atoms with Gasteiger partial charge >= 0.3 is 17.1 Å². The first kappa shape index (κ1) is 25.6. The molecule has 3 aliphatic rings. The summed E-state index contributed by atoms with van der Waals surface area (Å²) in [6, 6.07) is 5.63. The number of amides is 1. The van der Waals surface area contributed by atoms with Gasteiger partial charge in [0.25, 0.3) is 11.7 Å². The Labute approximate surface area is 211 Å². The predicted octanol–water partition coefficient (Wildman–Crippen LogP) is 5.09. The zero-order valence-corrected chi connectivity index (χ0v) is 20.5. The van der Waals surface area contributed by atoms with Crippen LogP contribution in [0.4, 0.5) is 5.69 Å². The maximum atomic E-state index is 12.2. The molecule has 0 spiro atoms. The van der Waals surface area contributed by atoms with Gasteiger partial charge in [0, 0.05) is 25.2 Å². The van der Waals surface area contributed by atoms with Gasteiger partial charge in [-0.25, -0.2) is 0 Å². The molecular weight excluding hydrogens is 468 g/mol. The van der Waals surface area contributed by atoms with E-state index in [1.54, 1.807) is 11.0 Å². The Kier molecular flexibility index (Phi) is 9.37. The van der Waals surface area contributed by atoms with Crippen molar-refractivity contribution >= 4 is 17.4 Å². The Balaban J connectivity index is 0.000000481. The number of aryl methyl sites for hydroxylation is 2. The molecule has 1 aromatic carbocycles. The van der Waals surface area contributed by atoms with E-state index in [1.807, 2.05) is 42.1 Å². The van der Waals surface area contributed by atoms with E-state index in [0.717, 1.165) is 55.6 Å². The molecule has 1 amide bonds. The molecule has 1 aliphatic heterocycles. The van der Waals surface area contributed by atoms with Crippen LogP contribution in [0.15, 0.2) is 73.0 Å². The molecule has 2 aromatic rings. The zero-order valence-electron chi connectivity index (χ0n) is 19.4. The number of Topliss-reactive ketones (excluding diaryl/α,β-unsaturated/α-hetero) is 1. The van der Waals surface area contributed by atoms with E-state index in [0.29, 0.717) is 12.1 Å². The van der Waals surface area contributed by atoms with Crippen molar-refractivity contribution < 1.29 is 26.7 Å². The molecule has 0 radical (unpaired) electrons. The normalized spacial score (nSPS) is 15.6. The average molecular weight is 498 g/mol. The number of rotatable bonds is 8. The number of benzene rings is 1. The summed E-state index contributed by atoms with van der Waals surface area (Å²) in [7, 11) is 0. The van der Waals surface area contributed by atoms with E-state index >= 15 is 0 Å². The second-order valence-electron chi connectivity index (χ2n) is 8.51. The molecule has 0 saturated heterocycles. The number of ketones is 1. The third kappa shape index (κ3) is 6.31. The van der Waals surface area contributed by atoms with Crippen LogP contribution in [0.1, 0.15) is 59.6 Å². The fourth-order valence-electron chi connectivity index (χ4n) is 4.13. The minimum atomic E-state index is -0.397. The van der Waals surface area contributed by atoms with E-state index < -0.39 is 5.91 Å². The standard InChI is InChI=1S/C22H24N4O2.C5H6.Fe/c1-16-10-11-20-18(14-16)21(27)22(28)26(20)13-7-3-2-6-12-25-15-19(23-24-25)17-8-4-5-9-17;1-2-4-5-3-1;/h4-5,8-11,14-15,17H,2-3,6-7,12-13H2,1H3;1-4H,5H2;/q;;+2. The number of allylic oxidation sites excluding steroid dienone is 8. The van der Waals surface area contributed by atoms with E-state index in [2.05, 4.69) is 46.8 Å². The van der Waals surface area contributed by atoms with Crippen LogP contribution >= 0.6 is 0 Å². The van der Waals surface area contributed by atoms with Crippen LogP contribution < -0.4 is 4.90 Å². The van der Waals surface area contributed by atoms with Gasteiger partial charge in [-0.3, -0.25) is 14.3 Å². The summed E-state index contributed by atoms with van der Waals surface area (Å²) >= 11 is 0. The molecule has 0 unspecified atom stereocenters. The van der Waals surface area contributed by atoms with Gasteiger partial charge in [0.2, 0.25) is 0 Å². The number of anilines is 1. The Morgan fingerprint density at radius 1 is 0.941 bits per heavy atom. The smallest absolute Gasteiger partial charge is 0.305 e. The number of nitrogens with zero attached hydrogens (tertiary/aromatic N) is 4. The van der Waals surface area contributed by atoms with Crippen molar-refractivity contribution in [3.8, 4) is 0 Å². The number of carbonyl (C=O) groups is 2. The molecular formula is C27H30FeN4O2+2. The molecule has 1 aromatic heterocycles. The van der Waals surface area contributed by atoms with Crippen molar-refractivity contribution in [2.24, 2.45) is 0 Å².